The second kappa shape index (κ2) is 6.41. The highest BCUT2D eigenvalue weighted by Crippen LogP contribution is 2.23. The maximum Gasteiger partial charge on any atom is 0.241 e. The van der Waals surface area contributed by atoms with Crippen molar-refractivity contribution in [2.45, 2.75) is 39.3 Å². The highest BCUT2D eigenvalue weighted by atomic mass is 32.1. The highest BCUT2D eigenvalue weighted by Gasteiger charge is 2.21. The third-order valence-corrected chi connectivity index (χ3v) is 4.99. The number of fused-ring (bicyclic) bond motifs is 1. The lowest BCUT2D eigenvalue weighted by Gasteiger charge is -2.26. The van der Waals surface area contributed by atoms with Crippen molar-refractivity contribution in [2.24, 2.45) is 0 Å². The first-order valence-electron chi connectivity index (χ1n) is 8.12. The van der Waals surface area contributed by atoms with E-state index in [0.717, 1.165) is 35.9 Å². The third-order valence-electron chi connectivity index (χ3n) is 4.13. The van der Waals surface area contributed by atoms with Crippen molar-refractivity contribution in [3.8, 4) is 10.7 Å². The molecule has 1 aliphatic rings. The SMILES string of the molecule is CC(C)c1ncc2c(n1)CN(Cc1nc(-c3cccs3)no1)CC2. The molecule has 3 aromatic rings. The molecule has 0 unspecified atom stereocenters. The summed E-state index contributed by atoms with van der Waals surface area (Å²) in [6.07, 6.45) is 2.94. The Bertz CT molecular complexity index is 827. The normalized spacial score (nSPS) is 15.0. The molecule has 0 radical (unpaired) electrons. The van der Waals surface area contributed by atoms with E-state index in [9.17, 15) is 0 Å². The van der Waals surface area contributed by atoms with Gasteiger partial charge in [0.05, 0.1) is 17.1 Å². The van der Waals surface area contributed by atoms with E-state index in [1.54, 1.807) is 11.3 Å². The summed E-state index contributed by atoms with van der Waals surface area (Å²) in [5.41, 5.74) is 2.37. The lowest BCUT2D eigenvalue weighted by molar-refractivity contribution is 0.207. The molecule has 0 fully saturated rings. The molecule has 0 aliphatic carbocycles. The molecule has 6 nitrogen and oxygen atoms in total. The van der Waals surface area contributed by atoms with Crippen LogP contribution in [0, 0.1) is 0 Å². The van der Waals surface area contributed by atoms with Gasteiger partial charge >= 0.3 is 0 Å². The van der Waals surface area contributed by atoms with E-state index < -0.39 is 0 Å². The van der Waals surface area contributed by atoms with Crippen LogP contribution in [0.15, 0.2) is 28.2 Å². The van der Waals surface area contributed by atoms with Gasteiger partial charge in [-0.1, -0.05) is 25.1 Å². The molecule has 7 heteroatoms. The zero-order chi connectivity index (χ0) is 16.5. The van der Waals surface area contributed by atoms with Gasteiger partial charge in [0.2, 0.25) is 11.7 Å². The summed E-state index contributed by atoms with van der Waals surface area (Å²) >= 11 is 1.61. The van der Waals surface area contributed by atoms with E-state index in [-0.39, 0.29) is 0 Å². The van der Waals surface area contributed by atoms with E-state index >= 15 is 0 Å². The molecule has 0 spiro atoms. The molecule has 1 aliphatic heterocycles. The first-order valence-corrected chi connectivity index (χ1v) is 9.00. The van der Waals surface area contributed by atoms with Crippen molar-refractivity contribution in [3.63, 3.8) is 0 Å². The molecule has 0 amide bonds. The third kappa shape index (κ3) is 3.09. The Morgan fingerprint density at radius 2 is 2.25 bits per heavy atom. The summed E-state index contributed by atoms with van der Waals surface area (Å²) in [7, 11) is 0. The lowest BCUT2D eigenvalue weighted by Crippen LogP contribution is -2.31. The largest absolute Gasteiger partial charge is 0.338 e. The second-order valence-corrected chi connectivity index (χ2v) is 7.25. The zero-order valence-electron chi connectivity index (χ0n) is 13.8. The minimum absolute atomic E-state index is 0.343. The highest BCUT2D eigenvalue weighted by molar-refractivity contribution is 7.13. The van der Waals surface area contributed by atoms with Gasteiger partial charge in [0, 0.05) is 25.2 Å². The zero-order valence-corrected chi connectivity index (χ0v) is 14.6. The Hall–Kier alpha value is -2.12. The molecule has 0 N–H and O–H groups in total. The van der Waals surface area contributed by atoms with E-state index in [1.165, 1.54) is 5.56 Å². The fraction of sp³-hybridized carbons (Fsp3) is 0.412. The van der Waals surface area contributed by atoms with Crippen LogP contribution < -0.4 is 0 Å². The number of nitrogens with zero attached hydrogens (tertiary/aromatic N) is 5. The number of hydrogen-bond acceptors (Lipinski definition) is 7. The number of hydrogen-bond donors (Lipinski definition) is 0. The van der Waals surface area contributed by atoms with Gasteiger partial charge in [-0.05, 0) is 23.4 Å². The second-order valence-electron chi connectivity index (χ2n) is 6.30. The van der Waals surface area contributed by atoms with Crippen molar-refractivity contribution >= 4 is 11.3 Å². The Labute approximate surface area is 144 Å². The summed E-state index contributed by atoms with van der Waals surface area (Å²) in [5, 5.41) is 6.09. The van der Waals surface area contributed by atoms with Crippen LogP contribution in [0.2, 0.25) is 0 Å². The summed E-state index contributed by atoms with van der Waals surface area (Å²) in [6.45, 7) is 6.64. The summed E-state index contributed by atoms with van der Waals surface area (Å²) < 4.78 is 5.41. The maximum absolute atomic E-state index is 5.41. The minimum Gasteiger partial charge on any atom is -0.338 e. The smallest absolute Gasteiger partial charge is 0.241 e. The predicted molar refractivity (Wildman–Crippen MR) is 91.6 cm³/mol. The molecule has 124 valence electrons. The van der Waals surface area contributed by atoms with Crippen molar-refractivity contribution in [1.29, 1.82) is 0 Å². The van der Waals surface area contributed by atoms with Gasteiger partial charge in [-0.2, -0.15) is 4.98 Å². The molecule has 0 bridgehead atoms. The van der Waals surface area contributed by atoms with Crippen molar-refractivity contribution in [3.05, 3.63) is 46.7 Å². The van der Waals surface area contributed by atoms with Crippen LogP contribution in [-0.4, -0.2) is 31.6 Å². The van der Waals surface area contributed by atoms with Gasteiger partial charge in [0.25, 0.3) is 0 Å². The average Bonchev–Trinajstić information content (AvgIpc) is 3.25. The van der Waals surface area contributed by atoms with E-state index in [2.05, 4.69) is 33.9 Å². The molecule has 0 saturated heterocycles. The van der Waals surface area contributed by atoms with Crippen LogP contribution in [0.5, 0.6) is 0 Å². The molecule has 3 aromatic heterocycles. The van der Waals surface area contributed by atoms with Gasteiger partial charge in [0.15, 0.2) is 0 Å². The van der Waals surface area contributed by atoms with E-state index in [0.29, 0.717) is 24.2 Å². The summed E-state index contributed by atoms with van der Waals surface area (Å²) in [4.78, 5) is 17.0. The molecular weight excluding hydrogens is 322 g/mol. The Balaban J connectivity index is 1.48. The van der Waals surface area contributed by atoms with Gasteiger partial charge in [-0.3, -0.25) is 4.90 Å². The molecule has 4 heterocycles. The van der Waals surface area contributed by atoms with Gasteiger partial charge in [0.1, 0.15) is 5.82 Å². The molecular formula is C17H19N5OS. The standard InChI is InChI=1S/C17H19N5OS/c1-11(2)16-18-8-12-5-6-22(9-13(12)19-16)10-15-20-17(21-23-15)14-4-3-7-24-14/h3-4,7-8,11H,5-6,9-10H2,1-2H3. The molecule has 0 aromatic carbocycles. The van der Waals surface area contributed by atoms with Crippen molar-refractivity contribution in [1.82, 2.24) is 25.0 Å². The van der Waals surface area contributed by atoms with Gasteiger partial charge < -0.3 is 4.52 Å². The summed E-state index contributed by atoms with van der Waals surface area (Å²) in [6, 6.07) is 3.99. The Morgan fingerprint density at radius 3 is 3.04 bits per heavy atom. The minimum atomic E-state index is 0.343. The van der Waals surface area contributed by atoms with Gasteiger partial charge in [-0.25, -0.2) is 9.97 Å². The van der Waals surface area contributed by atoms with Crippen LogP contribution in [0.25, 0.3) is 10.7 Å². The van der Waals surface area contributed by atoms with Crippen molar-refractivity contribution < 1.29 is 4.52 Å². The van der Waals surface area contributed by atoms with Crippen LogP contribution in [0.1, 0.15) is 42.7 Å². The number of aromatic nitrogens is 4. The molecule has 0 atom stereocenters. The predicted octanol–water partition coefficient (Wildman–Crippen LogP) is 3.27. The topological polar surface area (TPSA) is 67.9 Å². The summed E-state index contributed by atoms with van der Waals surface area (Å²) in [5.74, 6) is 2.57. The van der Waals surface area contributed by atoms with E-state index in [1.807, 2.05) is 23.7 Å². The Kier molecular flexibility index (Phi) is 4.12. The van der Waals surface area contributed by atoms with Gasteiger partial charge in [-0.15, -0.1) is 11.3 Å². The number of thiophene rings is 1. The quantitative estimate of drug-likeness (QED) is 0.725. The first-order chi connectivity index (χ1) is 11.7. The molecule has 24 heavy (non-hydrogen) atoms. The van der Waals surface area contributed by atoms with E-state index in [4.69, 9.17) is 9.51 Å². The maximum atomic E-state index is 5.41. The fourth-order valence-corrected chi connectivity index (χ4v) is 3.45. The lowest BCUT2D eigenvalue weighted by atomic mass is 10.1. The van der Waals surface area contributed by atoms with Crippen molar-refractivity contribution in [2.75, 3.05) is 6.54 Å². The first kappa shape index (κ1) is 15.4. The van der Waals surface area contributed by atoms with Crippen LogP contribution in [0.3, 0.4) is 0 Å². The molecule has 0 saturated carbocycles. The average molecular weight is 341 g/mol. The van der Waals surface area contributed by atoms with Crippen LogP contribution in [0.4, 0.5) is 0 Å². The Morgan fingerprint density at radius 1 is 1.33 bits per heavy atom. The van der Waals surface area contributed by atoms with Crippen LogP contribution >= 0.6 is 11.3 Å². The number of rotatable bonds is 4. The fourth-order valence-electron chi connectivity index (χ4n) is 2.80. The van der Waals surface area contributed by atoms with Crippen LogP contribution in [-0.2, 0) is 19.5 Å². The molecule has 4 rings (SSSR count). The monoisotopic (exact) mass is 341 g/mol.